The number of nitro benzene ring substituents is 1. The minimum atomic E-state index is -0.341. The van der Waals surface area contributed by atoms with E-state index in [1.54, 1.807) is 12.1 Å². The van der Waals surface area contributed by atoms with Crippen molar-refractivity contribution in [2.24, 2.45) is 0 Å². The molecule has 7 rings (SSSR count). The van der Waals surface area contributed by atoms with Crippen molar-refractivity contribution in [2.45, 2.75) is 0 Å². The Labute approximate surface area is 205 Å². The minimum Gasteiger partial charge on any atom is -0.449 e. The second-order valence-corrected chi connectivity index (χ2v) is 8.62. The van der Waals surface area contributed by atoms with Crippen molar-refractivity contribution in [3.63, 3.8) is 0 Å². The second-order valence-electron chi connectivity index (χ2n) is 8.62. The number of nitrogens with zero attached hydrogens (tertiary/aromatic N) is 2. The predicted octanol–water partition coefficient (Wildman–Crippen LogP) is 8.26. The van der Waals surface area contributed by atoms with Crippen LogP contribution < -0.4 is 9.47 Å². The fraction of sp³-hybridized carbons (Fsp3) is 0. The third kappa shape index (κ3) is 2.98. The number of para-hydroxylation sites is 4. The first-order chi connectivity index (χ1) is 17.7. The van der Waals surface area contributed by atoms with E-state index in [1.807, 2.05) is 91.0 Å². The Hall–Kier alpha value is -5.10. The summed E-state index contributed by atoms with van der Waals surface area (Å²) in [5.74, 6) is 2.60. The van der Waals surface area contributed by atoms with Crippen LogP contribution in [0.5, 0.6) is 23.0 Å². The van der Waals surface area contributed by atoms with Crippen LogP contribution in [0.1, 0.15) is 0 Å². The summed E-state index contributed by atoms with van der Waals surface area (Å²) in [5.41, 5.74) is 4.26. The van der Waals surface area contributed by atoms with Crippen molar-refractivity contribution < 1.29 is 14.4 Å². The third-order valence-electron chi connectivity index (χ3n) is 6.55. The quantitative estimate of drug-likeness (QED) is 0.193. The van der Waals surface area contributed by atoms with Crippen LogP contribution in [0.25, 0.3) is 38.6 Å². The molecule has 0 amide bonds. The molecule has 6 heteroatoms. The molecule has 0 aliphatic carbocycles. The van der Waals surface area contributed by atoms with Gasteiger partial charge >= 0.3 is 0 Å². The van der Waals surface area contributed by atoms with Crippen LogP contribution in [0.3, 0.4) is 0 Å². The van der Waals surface area contributed by atoms with Gasteiger partial charge in [-0.3, -0.25) is 10.1 Å². The maximum atomic E-state index is 11.7. The number of hydrogen-bond acceptors (Lipinski definition) is 4. The molecule has 1 aromatic heterocycles. The van der Waals surface area contributed by atoms with E-state index in [-0.39, 0.29) is 10.6 Å². The minimum absolute atomic E-state index is 0.0781. The van der Waals surface area contributed by atoms with Crippen molar-refractivity contribution in [3.8, 4) is 39.8 Å². The van der Waals surface area contributed by atoms with Crippen molar-refractivity contribution in [1.29, 1.82) is 0 Å². The molecule has 172 valence electrons. The molecule has 1 aliphatic heterocycles. The van der Waals surface area contributed by atoms with Gasteiger partial charge in [0.1, 0.15) is 5.52 Å². The van der Waals surface area contributed by atoms with Crippen LogP contribution in [0, 0.1) is 10.1 Å². The molecule has 0 bridgehead atoms. The molecule has 0 saturated heterocycles. The highest BCUT2D eigenvalue weighted by Crippen LogP contribution is 2.51. The summed E-state index contributed by atoms with van der Waals surface area (Å²) in [7, 11) is 0. The highest BCUT2D eigenvalue weighted by atomic mass is 16.6. The molecule has 0 saturated carbocycles. The molecule has 6 nitrogen and oxygen atoms in total. The van der Waals surface area contributed by atoms with Gasteiger partial charge in [-0.15, -0.1) is 0 Å². The number of ether oxygens (including phenoxy) is 2. The number of aromatic nitrogens is 1. The fourth-order valence-corrected chi connectivity index (χ4v) is 4.98. The predicted molar refractivity (Wildman–Crippen MR) is 139 cm³/mol. The summed E-state index contributed by atoms with van der Waals surface area (Å²) in [6.07, 6.45) is 0. The van der Waals surface area contributed by atoms with Crippen LogP contribution in [0.2, 0.25) is 0 Å². The molecular weight excluding hydrogens is 452 g/mol. The average molecular weight is 470 g/mol. The van der Waals surface area contributed by atoms with E-state index in [0.717, 1.165) is 33.1 Å². The van der Waals surface area contributed by atoms with Gasteiger partial charge in [0.15, 0.2) is 23.0 Å². The van der Waals surface area contributed by atoms with Crippen LogP contribution >= 0.6 is 0 Å². The lowest BCUT2D eigenvalue weighted by atomic mass is 10.0. The zero-order valence-corrected chi connectivity index (χ0v) is 18.9. The first-order valence-electron chi connectivity index (χ1n) is 11.5. The van der Waals surface area contributed by atoms with Gasteiger partial charge in [0, 0.05) is 22.5 Å². The molecule has 2 heterocycles. The van der Waals surface area contributed by atoms with Gasteiger partial charge in [0.05, 0.1) is 16.0 Å². The van der Waals surface area contributed by atoms with Crippen LogP contribution in [0.4, 0.5) is 5.69 Å². The molecule has 0 radical (unpaired) electrons. The summed E-state index contributed by atoms with van der Waals surface area (Å²) >= 11 is 0. The van der Waals surface area contributed by atoms with E-state index < -0.39 is 0 Å². The highest BCUT2D eigenvalue weighted by Gasteiger charge is 2.26. The standard InChI is InChI=1S/C30H18N2O4/c33-32(34)25-11-5-4-10-21(25)19-14-16-24-23(18-19)22-15-17-28-30(36-27-13-7-6-12-26(27)35-28)29(22)31(24)20-8-2-1-3-9-20/h1-18H. The lowest BCUT2D eigenvalue weighted by molar-refractivity contribution is -0.384. The topological polar surface area (TPSA) is 66.5 Å². The summed E-state index contributed by atoms with van der Waals surface area (Å²) in [6.45, 7) is 0. The van der Waals surface area contributed by atoms with Gasteiger partial charge < -0.3 is 14.0 Å². The zero-order chi connectivity index (χ0) is 24.2. The Bertz CT molecular complexity index is 1820. The van der Waals surface area contributed by atoms with Gasteiger partial charge in [-0.2, -0.15) is 0 Å². The summed E-state index contributed by atoms with van der Waals surface area (Å²) in [5, 5.41) is 13.6. The molecule has 6 aromatic rings. The van der Waals surface area contributed by atoms with Crippen molar-refractivity contribution in [2.75, 3.05) is 0 Å². The molecule has 0 atom stereocenters. The lowest BCUT2D eigenvalue weighted by Crippen LogP contribution is -2.01. The van der Waals surface area contributed by atoms with Crippen LogP contribution in [-0.2, 0) is 0 Å². The number of rotatable bonds is 3. The molecule has 36 heavy (non-hydrogen) atoms. The lowest BCUT2D eigenvalue weighted by Gasteiger charge is -2.22. The van der Waals surface area contributed by atoms with Crippen LogP contribution in [-0.4, -0.2) is 9.49 Å². The number of benzene rings is 5. The number of fused-ring (bicyclic) bond motifs is 6. The monoisotopic (exact) mass is 470 g/mol. The summed E-state index contributed by atoms with van der Waals surface area (Å²) in [4.78, 5) is 11.4. The van der Waals surface area contributed by atoms with E-state index in [4.69, 9.17) is 9.47 Å². The van der Waals surface area contributed by atoms with Gasteiger partial charge in [0.25, 0.3) is 5.69 Å². The zero-order valence-electron chi connectivity index (χ0n) is 18.9. The molecule has 5 aromatic carbocycles. The smallest absolute Gasteiger partial charge is 0.277 e. The molecule has 0 unspecified atom stereocenters. The van der Waals surface area contributed by atoms with E-state index in [1.165, 1.54) is 6.07 Å². The average Bonchev–Trinajstić information content (AvgIpc) is 3.26. The SMILES string of the molecule is O=[N+]([O-])c1ccccc1-c1ccc2c(c1)c1ccc3c(c1n2-c1ccccc1)Oc1ccccc1O3. The van der Waals surface area contributed by atoms with E-state index in [2.05, 4.69) is 4.57 Å². The van der Waals surface area contributed by atoms with Crippen LogP contribution in [0.15, 0.2) is 109 Å². The van der Waals surface area contributed by atoms with Crippen molar-refractivity contribution >= 4 is 27.5 Å². The van der Waals surface area contributed by atoms with Crippen molar-refractivity contribution in [3.05, 3.63) is 119 Å². The summed E-state index contributed by atoms with van der Waals surface area (Å²) < 4.78 is 14.8. The highest BCUT2D eigenvalue weighted by molar-refractivity contribution is 6.13. The molecule has 0 N–H and O–H groups in total. The molecule has 1 aliphatic rings. The first kappa shape index (κ1) is 20.3. The van der Waals surface area contributed by atoms with Gasteiger partial charge in [0.2, 0.25) is 0 Å². The second kappa shape index (κ2) is 7.71. The van der Waals surface area contributed by atoms with E-state index in [0.29, 0.717) is 28.6 Å². The number of nitro groups is 1. The largest absolute Gasteiger partial charge is 0.449 e. The Balaban J connectivity index is 1.55. The maximum Gasteiger partial charge on any atom is 0.277 e. The van der Waals surface area contributed by atoms with Gasteiger partial charge in [-0.1, -0.05) is 48.5 Å². The van der Waals surface area contributed by atoms with E-state index >= 15 is 0 Å². The van der Waals surface area contributed by atoms with Gasteiger partial charge in [-0.05, 0) is 60.2 Å². The number of hydrogen-bond donors (Lipinski definition) is 0. The van der Waals surface area contributed by atoms with Gasteiger partial charge in [-0.25, -0.2) is 0 Å². The maximum absolute atomic E-state index is 11.7. The molecular formula is C30H18N2O4. The first-order valence-corrected chi connectivity index (χ1v) is 11.5. The molecule has 0 fully saturated rings. The summed E-state index contributed by atoms with van der Waals surface area (Å²) in [6, 6.07) is 34.4. The molecule has 0 spiro atoms. The Morgan fingerprint density at radius 2 is 1.39 bits per heavy atom. The Morgan fingerprint density at radius 3 is 2.19 bits per heavy atom. The Kier molecular flexibility index (Phi) is 4.35. The van der Waals surface area contributed by atoms with Crippen molar-refractivity contribution in [1.82, 2.24) is 4.57 Å². The fourth-order valence-electron chi connectivity index (χ4n) is 4.98. The normalized spacial score (nSPS) is 12.0. The third-order valence-corrected chi connectivity index (χ3v) is 6.55. The Morgan fingerprint density at radius 1 is 0.667 bits per heavy atom. The van der Waals surface area contributed by atoms with E-state index in [9.17, 15) is 10.1 Å².